The second-order valence-electron chi connectivity index (χ2n) is 5.04. The van der Waals surface area contributed by atoms with E-state index in [4.69, 9.17) is 5.73 Å². The van der Waals surface area contributed by atoms with Crippen molar-refractivity contribution < 1.29 is 9.59 Å². The van der Waals surface area contributed by atoms with Crippen LogP contribution in [0.4, 0.5) is 9.93 Å². The number of amides is 3. The molecule has 0 atom stereocenters. The Hall–Kier alpha value is -2.15. The molecule has 1 heterocycles. The van der Waals surface area contributed by atoms with Crippen molar-refractivity contribution in [3.63, 3.8) is 0 Å². The first kappa shape index (κ1) is 14.3. The van der Waals surface area contributed by atoms with Gasteiger partial charge in [0.2, 0.25) is 5.91 Å². The van der Waals surface area contributed by atoms with Crippen LogP contribution in [0.3, 0.4) is 0 Å². The van der Waals surface area contributed by atoms with Gasteiger partial charge in [-0.25, -0.2) is 9.78 Å². The highest BCUT2D eigenvalue weighted by Crippen LogP contribution is 2.25. The summed E-state index contributed by atoms with van der Waals surface area (Å²) < 4.78 is 1.00. The number of anilines is 1. The number of nitrogens with zero attached hydrogens (tertiary/aromatic N) is 1. The monoisotopic (exact) mass is 292 g/mol. The molecule has 4 N–H and O–H groups in total. The Bertz CT molecular complexity index is 618. The fourth-order valence-electron chi connectivity index (χ4n) is 1.46. The van der Waals surface area contributed by atoms with Crippen LogP contribution >= 0.6 is 11.3 Å². The largest absolute Gasteiger partial charge is 0.369 e. The molecule has 0 spiro atoms. The normalized spacial score (nSPS) is 11.3. The molecule has 7 heteroatoms. The van der Waals surface area contributed by atoms with E-state index in [1.165, 1.54) is 11.3 Å². The third-order valence-electron chi connectivity index (χ3n) is 2.87. The predicted octanol–water partition coefficient (Wildman–Crippen LogP) is 1.93. The summed E-state index contributed by atoms with van der Waals surface area (Å²) >= 11 is 1.39. The number of aromatic nitrogens is 1. The van der Waals surface area contributed by atoms with E-state index in [0.717, 1.165) is 10.2 Å². The van der Waals surface area contributed by atoms with Gasteiger partial charge in [0.05, 0.1) is 15.6 Å². The fourth-order valence-corrected chi connectivity index (χ4v) is 2.32. The van der Waals surface area contributed by atoms with Gasteiger partial charge in [0.1, 0.15) is 0 Å². The number of benzene rings is 1. The van der Waals surface area contributed by atoms with Crippen molar-refractivity contribution in [2.75, 3.05) is 11.9 Å². The summed E-state index contributed by atoms with van der Waals surface area (Å²) in [5, 5.41) is 5.78. The van der Waals surface area contributed by atoms with Gasteiger partial charge >= 0.3 is 6.03 Å². The molecule has 0 radical (unpaired) electrons. The van der Waals surface area contributed by atoms with Gasteiger partial charge in [-0.2, -0.15) is 0 Å². The number of thiazole rings is 1. The highest BCUT2D eigenvalue weighted by atomic mass is 32.1. The second kappa shape index (κ2) is 5.46. The van der Waals surface area contributed by atoms with E-state index in [9.17, 15) is 9.59 Å². The summed E-state index contributed by atoms with van der Waals surface area (Å²) in [6.45, 7) is 3.51. The lowest BCUT2D eigenvalue weighted by atomic mass is 9.93. The molecule has 0 aliphatic heterocycles. The van der Waals surface area contributed by atoms with Gasteiger partial charge in [0, 0.05) is 6.54 Å². The van der Waals surface area contributed by atoms with Gasteiger partial charge in [-0.05, 0) is 26.0 Å². The number of primary amides is 1. The number of hydrogen-bond acceptors (Lipinski definition) is 4. The van der Waals surface area contributed by atoms with E-state index in [1.807, 2.05) is 24.3 Å². The number of nitrogens with one attached hydrogen (secondary N) is 2. The van der Waals surface area contributed by atoms with Crippen LogP contribution in [-0.2, 0) is 4.79 Å². The molecule has 0 aliphatic rings. The first-order valence-electron chi connectivity index (χ1n) is 6.09. The molecule has 2 rings (SSSR count). The van der Waals surface area contributed by atoms with Crippen LogP contribution in [0, 0.1) is 5.41 Å². The van der Waals surface area contributed by atoms with Gasteiger partial charge < -0.3 is 11.1 Å². The molecule has 6 nitrogen and oxygen atoms in total. The summed E-state index contributed by atoms with van der Waals surface area (Å²) in [6, 6.07) is 7.22. The quantitative estimate of drug-likeness (QED) is 0.803. The molecule has 2 aromatic rings. The maximum Gasteiger partial charge on any atom is 0.321 e. The first-order chi connectivity index (χ1) is 9.38. The maximum atomic E-state index is 11.8. The average molecular weight is 292 g/mol. The van der Waals surface area contributed by atoms with E-state index in [-0.39, 0.29) is 6.54 Å². The van der Waals surface area contributed by atoms with Crippen molar-refractivity contribution in [2.45, 2.75) is 13.8 Å². The third kappa shape index (κ3) is 3.24. The highest BCUT2D eigenvalue weighted by Gasteiger charge is 2.25. The number of nitrogens with two attached hydrogens (primary N) is 1. The van der Waals surface area contributed by atoms with Crippen molar-refractivity contribution in [3.05, 3.63) is 24.3 Å². The van der Waals surface area contributed by atoms with Crippen LogP contribution < -0.4 is 16.4 Å². The van der Waals surface area contributed by atoms with Crippen LogP contribution in [0.15, 0.2) is 24.3 Å². The fraction of sp³-hybridized carbons (Fsp3) is 0.308. The predicted molar refractivity (Wildman–Crippen MR) is 79.6 cm³/mol. The number of fused-ring (bicyclic) bond motifs is 1. The van der Waals surface area contributed by atoms with Crippen LogP contribution in [0.1, 0.15) is 13.8 Å². The van der Waals surface area contributed by atoms with Crippen molar-refractivity contribution >= 4 is 38.6 Å². The smallest absolute Gasteiger partial charge is 0.321 e. The van der Waals surface area contributed by atoms with E-state index in [0.29, 0.717) is 5.13 Å². The third-order valence-corrected chi connectivity index (χ3v) is 3.82. The van der Waals surface area contributed by atoms with Crippen LogP contribution in [0.2, 0.25) is 0 Å². The van der Waals surface area contributed by atoms with Crippen LogP contribution in [-0.4, -0.2) is 23.5 Å². The first-order valence-corrected chi connectivity index (χ1v) is 6.90. The standard InChI is InChI=1S/C13H16N4O2S/c1-13(2,10(14)18)7-15-11(19)17-12-16-8-5-3-4-6-9(8)20-12/h3-6H,7H2,1-2H3,(H2,14,18)(H2,15,16,17,19). The van der Waals surface area contributed by atoms with Crippen molar-refractivity contribution in [2.24, 2.45) is 11.1 Å². The number of carbonyl (C=O) groups excluding carboxylic acids is 2. The number of para-hydroxylation sites is 1. The number of urea groups is 1. The zero-order chi connectivity index (χ0) is 14.8. The summed E-state index contributed by atoms with van der Waals surface area (Å²) in [6.07, 6.45) is 0. The van der Waals surface area contributed by atoms with E-state index < -0.39 is 17.4 Å². The Morgan fingerprint density at radius 1 is 1.35 bits per heavy atom. The van der Waals surface area contributed by atoms with Crippen LogP contribution in [0.5, 0.6) is 0 Å². The van der Waals surface area contributed by atoms with Gasteiger partial charge in [-0.3, -0.25) is 10.1 Å². The Morgan fingerprint density at radius 2 is 2.05 bits per heavy atom. The molecule has 20 heavy (non-hydrogen) atoms. The zero-order valence-corrected chi connectivity index (χ0v) is 12.1. The summed E-state index contributed by atoms with van der Waals surface area (Å²) in [5.74, 6) is -0.460. The van der Waals surface area contributed by atoms with Crippen LogP contribution in [0.25, 0.3) is 10.2 Å². The highest BCUT2D eigenvalue weighted by molar-refractivity contribution is 7.22. The minimum atomic E-state index is -0.787. The van der Waals surface area contributed by atoms with Crippen molar-refractivity contribution in [1.82, 2.24) is 10.3 Å². The average Bonchev–Trinajstić information content (AvgIpc) is 2.78. The lowest BCUT2D eigenvalue weighted by Crippen LogP contribution is -2.43. The Labute approximate surface area is 120 Å². The molecular formula is C13H16N4O2S. The van der Waals surface area contributed by atoms with E-state index in [2.05, 4.69) is 15.6 Å². The lowest BCUT2D eigenvalue weighted by molar-refractivity contribution is -0.125. The SMILES string of the molecule is CC(C)(CNC(=O)Nc1nc2ccccc2s1)C(N)=O. The van der Waals surface area contributed by atoms with Crippen molar-refractivity contribution in [1.29, 1.82) is 0 Å². The summed E-state index contributed by atoms with van der Waals surface area (Å²) in [7, 11) is 0. The minimum absolute atomic E-state index is 0.166. The molecule has 0 saturated carbocycles. The second-order valence-corrected chi connectivity index (χ2v) is 6.07. The van der Waals surface area contributed by atoms with Gasteiger partial charge in [-0.1, -0.05) is 23.5 Å². The zero-order valence-electron chi connectivity index (χ0n) is 11.3. The van der Waals surface area contributed by atoms with E-state index in [1.54, 1.807) is 13.8 Å². The molecule has 106 valence electrons. The number of rotatable bonds is 4. The Morgan fingerprint density at radius 3 is 2.70 bits per heavy atom. The number of hydrogen-bond donors (Lipinski definition) is 3. The van der Waals surface area contributed by atoms with Gasteiger partial charge in [0.15, 0.2) is 5.13 Å². The lowest BCUT2D eigenvalue weighted by Gasteiger charge is -2.20. The molecular weight excluding hydrogens is 276 g/mol. The van der Waals surface area contributed by atoms with E-state index >= 15 is 0 Å². The molecule has 0 fully saturated rings. The Kier molecular flexibility index (Phi) is 3.89. The van der Waals surface area contributed by atoms with Gasteiger partial charge in [0.25, 0.3) is 0 Å². The summed E-state index contributed by atoms with van der Waals surface area (Å²) in [5.41, 5.74) is 5.29. The van der Waals surface area contributed by atoms with Gasteiger partial charge in [-0.15, -0.1) is 0 Å². The molecule has 1 aromatic carbocycles. The maximum absolute atomic E-state index is 11.8. The van der Waals surface area contributed by atoms with Crippen molar-refractivity contribution in [3.8, 4) is 0 Å². The summed E-state index contributed by atoms with van der Waals surface area (Å²) in [4.78, 5) is 27.2. The molecule has 0 saturated heterocycles. The topological polar surface area (TPSA) is 97.1 Å². The molecule has 3 amide bonds. The molecule has 0 aliphatic carbocycles. The molecule has 0 bridgehead atoms. The number of carbonyl (C=O) groups is 2. The Balaban J connectivity index is 1.96. The molecule has 1 aromatic heterocycles. The minimum Gasteiger partial charge on any atom is -0.369 e. The molecule has 0 unspecified atom stereocenters.